The number of halogens is 1. The van der Waals surface area contributed by atoms with Crippen LogP contribution in [-0.4, -0.2) is 15.4 Å². The van der Waals surface area contributed by atoms with Crippen molar-refractivity contribution < 1.29 is 9.18 Å². The molecule has 3 nitrogen and oxygen atoms in total. The standard InChI is InChI=1S/C20H13FN2O/c21-16-11-9-14(10-12-16)19-18(17-8-4-5-13-23(17)22-19)20(24)15-6-2-1-3-7-15/h1-13H. The second kappa shape index (κ2) is 5.74. The Balaban J connectivity index is 1.97. The van der Waals surface area contributed by atoms with Crippen molar-refractivity contribution in [1.82, 2.24) is 9.61 Å². The number of fused-ring (bicyclic) bond motifs is 1. The van der Waals surface area contributed by atoms with E-state index in [0.29, 0.717) is 22.4 Å². The molecule has 0 saturated heterocycles. The van der Waals surface area contributed by atoms with E-state index in [4.69, 9.17) is 0 Å². The highest BCUT2D eigenvalue weighted by Gasteiger charge is 2.21. The molecule has 2 aromatic heterocycles. The zero-order valence-corrected chi connectivity index (χ0v) is 12.7. The number of ketones is 1. The van der Waals surface area contributed by atoms with E-state index >= 15 is 0 Å². The Kier molecular flexibility index (Phi) is 3.43. The van der Waals surface area contributed by atoms with Crippen LogP contribution in [0.15, 0.2) is 79.0 Å². The van der Waals surface area contributed by atoms with Gasteiger partial charge in [0, 0.05) is 17.3 Å². The van der Waals surface area contributed by atoms with Crippen molar-refractivity contribution in [1.29, 1.82) is 0 Å². The van der Waals surface area contributed by atoms with Gasteiger partial charge in [-0.25, -0.2) is 8.91 Å². The highest BCUT2D eigenvalue weighted by atomic mass is 19.1. The van der Waals surface area contributed by atoms with Crippen LogP contribution in [0, 0.1) is 5.82 Å². The molecule has 0 spiro atoms. The third kappa shape index (κ3) is 2.38. The van der Waals surface area contributed by atoms with E-state index in [1.54, 1.807) is 35.0 Å². The lowest BCUT2D eigenvalue weighted by Gasteiger charge is -2.03. The summed E-state index contributed by atoms with van der Waals surface area (Å²) in [6.07, 6.45) is 1.80. The number of pyridine rings is 1. The molecular formula is C20H13FN2O. The van der Waals surface area contributed by atoms with Crippen molar-refractivity contribution in [3.63, 3.8) is 0 Å². The lowest BCUT2D eigenvalue weighted by molar-refractivity contribution is 0.104. The molecule has 0 bridgehead atoms. The van der Waals surface area contributed by atoms with E-state index in [9.17, 15) is 9.18 Å². The van der Waals surface area contributed by atoms with Gasteiger partial charge in [-0.2, -0.15) is 5.10 Å². The molecule has 0 atom stereocenters. The van der Waals surface area contributed by atoms with Crippen molar-refractivity contribution in [2.24, 2.45) is 0 Å². The Morgan fingerprint density at radius 2 is 1.58 bits per heavy atom. The molecule has 24 heavy (non-hydrogen) atoms. The minimum Gasteiger partial charge on any atom is -0.288 e. The van der Waals surface area contributed by atoms with E-state index in [0.717, 1.165) is 5.52 Å². The first-order valence-corrected chi connectivity index (χ1v) is 7.57. The van der Waals surface area contributed by atoms with Gasteiger partial charge in [0.25, 0.3) is 0 Å². The fraction of sp³-hybridized carbons (Fsp3) is 0. The normalized spacial score (nSPS) is 10.9. The van der Waals surface area contributed by atoms with E-state index < -0.39 is 0 Å². The molecule has 116 valence electrons. The van der Waals surface area contributed by atoms with Gasteiger partial charge in [-0.3, -0.25) is 4.79 Å². The number of aromatic nitrogens is 2. The molecule has 4 aromatic rings. The number of carbonyl (C=O) groups is 1. The maximum atomic E-state index is 13.2. The Hall–Kier alpha value is -3.27. The Labute approximate surface area is 138 Å². The highest BCUT2D eigenvalue weighted by Crippen LogP contribution is 2.28. The van der Waals surface area contributed by atoms with Crippen LogP contribution in [0.2, 0.25) is 0 Å². The molecule has 0 radical (unpaired) electrons. The summed E-state index contributed by atoms with van der Waals surface area (Å²) >= 11 is 0. The van der Waals surface area contributed by atoms with Crippen LogP contribution < -0.4 is 0 Å². The summed E-state index contributed by atoms with van der Waals surface area (Å²) in [5, 5.41) is 4.53. The van der Waals surface area contributed by atoms with Crippen molar-refractivity contribution >= 4 is 11.3 Å². The Morgan fingerprint density at radius 3 is 2.33 bits per heavy atom. The van der Waals surface area contributed by atoms with Gasteiger partial charge in [0.15, 0.2) is 5.78 Å². The molecule has 0 unspecified atom stereocenters. The molecule has 0 N–H and O–H groups in total. The molecule has 0 fully saturated rings. The average Bonchev–Trinajstić information content (AvgIpc) is 3.02. The number of nitrogens with zero attached hydrogens (tertiary/aromatic N) is 2. The zero-order chi connectivity index (χ0) is 16.5. The minimum atomic E-state index is -0.321. The predicted molar refractivity (Wildman–Crippen MR) is 90.5 cm³/mol. The van der Waals surface area contributed by atoms with E-state index in [1.165, 1.54) is 12.1 Å². The summed E-state index contributed by atoms with van der Waals surface area (Å²) in [5.74, 6) is -0.422. The van der Waals surface area contributed by atoms with Gasteiger partial charge in [-0.1, -0.05) is 36.4 Å². The first kappa shape index (κ1) is 14.3. The highest BCUT2D eigenvalue weighted by molar-refractivity contribution is 6.16. The molecule has 4 rings (SSSR count). The molecule has 0 amide bonds. The lowest BCUT2D eigenvalue weighted by atomic mass is 9.98. The number of rotatable bonds is 3. The zero-order valence-electron chi connectivity index (χ0n) is 12.7. The average molecular weight is 316 g/mol. The SMILES string of the molecule is O=C(c1ccccc1)c1c(-c2ccc(F)cc2)nn2ccccc12. The van der Waals surface area contributed by atoms with Gasteiger partial charge in [0.1, 0.15) is 11.5 Å². The summed E-state index contributed by atoms with van der Waals surface area (Å²) in [6, 6.07) is 20.7. The van der Waals surface area contributed by atoms with Gasteiger partial charge in [0.2, 0.25) is 0 Å². The molecule has 0 saturated carbocycles. The Morgan fingerprint density at radius 1 is 0.875 bits per heavy atom. The fourth-order valence-corrected chi connectivity index (χ4v) is 2.77. The number of carbonyl (C=O) groups excluding carboxylic acids is 1. The molecule has 0 aliphatic rings. The van der Waals surface area contributed by atoms with Crippen molar-refractivity contribution in [2.75, 3.05) is 0 Å². The monoisotopic (exact) mass is 316 g/mol. The van der Waals surface area contributed by atoms with Gasteiger partial charge >= 0.3 is 0 Å². The predicted octanol–water partition coefficient (Wildman–Crippen LogP) is 4.37. The maximum Gasteiger partial charge on any atom is 0.197 e. The summed E-state index contributed by atoms with van der Waals surface area (Å²) in [6.45, 7) is 0. The number of benzene rings is 2. The van der Waals surface area contributed by atoms with Gasteiger partial charge in [-0.05, 0) is 36.4 Å². The van der Waals surface area contributed by atoms with Crippen LogP contribution in [0.3, 0.4) is 0 Å². The van der Waals surface area contributed by atoms with Crippen LogP contribution in [0.5, 0.6) is 0 Å². The smallest absolute Gasteiger partial charge is 0.197 e. The summed E-state index contributed by atoms with van der Waals surface area (Å²) in [5.41, 5.74) is 3.10. The van der Waals surface area contributed by atoms with Crippen molar-refractivity contribution in [3.05, 3.63) is 95.9 Å². The molecular weight excluding hydrogens is 303 g/mol. The third-order valence-electron chi connectivity index (χ3n) is 3.92. The van der Waals surface area contributed by atoms with Crippen LogP contribution in [-0.2, 0) is 0 Å². The van der Waals surface area contributed by atoms with E-state index in [2.05, 4.69) is 5.10 Å². The summed E-state index contributed by atoms with van der Waals surface area (Å²) in [4.78, 5) is 13.1. The second-order valence-corrected chi connectivity index (χ2v) is 5.46. The quantitative estimate of drug-likeness (QED) is 0.526. The molecule has 2 heterocycles. The van der Waals surface area contributed by atoms with Crippen LogP contribution in [0.1, 0.15) is 15.9 Å². The number of hydrogen-bond acceptors (Lipinski definition) is 2. The number of hydrogen-bond donors (Lipinski definition) is 0. The van der Waals surface area contributed by atoms with Gasteiger partial charge in [-0.15, -0.1) is 0 Å². The van der Waals surface area contributed by atoms with Crippen LogP contribution in [0.4, 0.5) is 4.39 Å². The van der Waals surface area contributed by atoms with Crippen molar-refractivity contribution in [3.8, 4) is 11.3 Å². The van der Waals surface area contributed by atoms with Gasteiger partial charge in [0.05, 0.1) is 11.1 Å². The first-order chi connectivity index (χ1) is 11.7. The summed E-state index contributed by atoms with van der Waals surface area (Å²) < 4.78 is 14.9. The van der Waals surface area contributed by atoms with Crippen molar-refractivity contribution in [2.45, 2.75) is 0 Å². The van der Waals surface area contributed by atoms with Gasteiger partial charge < -0.3 is 0 Å². The molecule has 0 aliphatic heterocycles. The molecule has 4 heteroatoms. The van der Waals surface area contributed by atoms with E-state index in [1.807, 2.05) is 36.4 Å². The van der Waals surface area contributed by atoms with Crippen LogP contribution in [0.25, 0.3) is 16.8 Å². The first-order valence-electron chi connectivity index (χ1n) is 7.57. The molecule has 0 aliphatic carbocycles. The largest absolute Gasteiger partial charge is 0.288 e. The minimum absolute atomic E-state index is 0.101. The Bertz CT molecular complexity index is 1020. The van der Waals surface area contributed by atoms with Crippen LogP contribution >= 0.6 is 0 Å². The topological polar surface area (TPSA) is 34.4 Å². The fourth-order valence-electron chi connectivity index (χ4n) is 2.77. The van der Waals surface area contributed by atoms with E-state index in [-0.39, 0.29) is 11.6 Å². The lowest BCUT2D eigenvalue weighted by Crippen LogP contribution is -2.02. The maximum absolute atomic E-state index is 13.2. The second-order valence-electron chi connectivity index (χ2n) is 5.46. The third-order valence-corrected chi connectivity index (χ3v) is 3.92. The molecule has 2 aromatic carbocycles. The summed E-state index contributed by atoms with van der Waals surface area (Å²) in [7, 11) is 0.